The number of allylic oxidation sites excluding steroid dienone is 2. The van der Waals surface area contributed by atoms with Crippen molar-refractivity contribution in [2.45, 2.75) is 33.6 Å². The lowest BCUT2D eigenvalue weighted by Gasteiger charge is -2.28. The molecule has 0 spiro atoms. The Hall–Kier alpha value is -0.340. The monoisotopic (exact) mass is 212 g/mol. The molecular formula is C13H24O2. The van der Waals surface area contributed by atoms with E-state index in [1.807, 2.05) is 0 Å². The molecule has 0 bridgehead atoms. The van der Waals surface area contributed by atoms with Crippen LogP contribution in [0.15, 0.2) is 11.6 Å². The third kappa shape index (κ3) is 2.61. The number of rotatable bonds is 4. The Morgan fingerprint density at radius 1 is 1.20 bits per heavy atom. The summed E-state index contributed by atoms with van der Waals surface area (Å²) in [5.74, 6) is 0. The fourth-order valence-electron chi connectivity index (χ4n) is 3.11. The molecule has 0 heterocycles. The third-order valence-corrected chi connectivity index (χ3v) is 3.50. The Balaban J connectivity index is 2.86. The van der Waals surface area contributed by atoms with Crippen molar-refractivity contribution in [2.24, 2.45) is 10.8 Å². The summed E-state index contributed by atoms with van der Waals surface area (Å²) in [6, 6.07) is 0. The van der Waals surface area contributed by atoms with Gasteiger partial charge in [0.25, 0.3) is 0 Å². The molecule has 0 amide bonds. The number of ether oxygens (including phenoxy) is 2. The van der Waals surface area contributed by atoms with Gasteiger partial charge in [-0.25, -0.2) is 0 Å². The van der Waals surface area contributed by atoms with Crippen LogP contribution in [0.4, 0.5) is 0 Å². The first-order chi connectivity index (χ1) is 6.99. The lowest BCUT2D eigenvalue weighted by molar-refractivity contribution is 0.00876. The first kappa shape index (κ1) is 12.7. The van der Waals surface area contributed by atoms with Crippen molar-refractivity contribution in [3.63, 3.8) is 0 Å². The molecule has 1 saturated carbocycles. The van der Waals surface area contributed by atoms with E-state index < -0.39 is 0 Å². The SMILES string of the molecule is CC=C1CC(COC)(COC)CC1(C)C. The Morgan fingerprint density at radius 2 is 1.73 bits per heavy atom. The van der Waals surface area contributed by atoms with Gasteiger partial charge in [-0.15, -0.1) is 0 Å². The van der Waals surface area contributed by atoms with Crippen LogP contribution in [-0.4, -0.2) is 27.4 Å². The molecule has 0 atom stereocenters. The molecule has 0 N–H and O–H groups in total. The lowest BCUT2D eigenvalue weighted by atomic mass is 9.82. The van der Waals surface area contributed by atoms with E-state index in [9.17, 15) is 0 Å². The standard InChI is InChI=1S/C13H24O2/c1-6-11-7-13(9-14-4,10-15-5)8-12(11,2)3/h6H,7-10H2,1-5H3. The normalized spacial score (nSPS) is 26.1. The van der Waals surface area contributed by atoms with E-state index in [0.29, 0.717) is 5.41 Å². The van der Waals surface area contributed by atoms with Gasteiger partial charge in [0.15, 0.2) is 0 Å². The molecule has 0 saturated heterocycles. The number of hydrogen-bond donors (Lipinski definition) is 0. The van der Waals surface area contributed by atoms with Crippen LogP contribution in [0.5, 0.6) is 0 Å². The molecule has 1 aliphatic carbocycles. The van der Waals surface area contributed by atoms with Gasteiger partial charge in [0.05, 0.1) is 13.2 Å². The summed E-state index contributed by atoms with van der Waals surface area (Å²) in [6.07, 6.45) is 4.52. The van der Waals surface area contributed by atoms with Crippen LogP contribution < -0.4 is 0 Å². The van der Waals surface area contributed by atoms with Crippen LogP contribution >= 0.6 is 0 Å². The van der Waals surface area contributed by atoms with Crippen molar-refractivity contribution < 1.29 is 9.47 Å². The largest absolute Gasteiger partial charge is 0.384 e. The molecule has 0 aromatic rings. The molecular weight excluding hydrogens is 188 g/mol. The van der Waals surface area contributed by atoms with E-state index in [2.05, 4.69) is 26.8 Å². The van der Waals surface area contributed by atoms with Gasteiger partial charge in [-0.05, 0) is 25.2 Å². The minimum Gasteiger partial charge on any atom is -0.384 e. The molecule has 1 fully saturated rings. The first-order valence-corrected chi connectivity index (χ1v) is 5.63. The minimum atomic E-state index is 0.189. The fourth-order valence-corrected chi connectivity index (χ4v) is 3.11. The van der Waals surface area contributed by atoms with Crippen molar-refractivity contribution in [2.75, 3.05) is 27.4 Å². The quantitative estimate of drug-likeness (QED) is 0.667. The van der Waals surface area contributed by atoms with Crippen LogP contribution in [0.1, 0.15) is 33.6 Å². The summed E-state index contributed by atoms with van der Waals surface area (Å²) in [4.78, 5) is 0. The Labute approximate surface area is 93.7 Å². The highest BCUT2D eigenvalue weighted by molar-refractivity contribution is 5.21. The molecule has 1 aliphatic rings. The second-order valence-electron chi connectivity index (χ2n) is 5.42. The highest BCUT2D eigenvalue weighted by Crippen LogP contribution is 2.52. The Kier molecular flexibility index (Phi) is 3.96. The highest BCUT2D eigenvalue weighted by Gasteiger charge is 2.46. The van der Waals surface area contributed by atoms with Gasteiger partial charge in [-0.3, -0.25) is 0 Å². The summed E-state index contributed by atoms with van der Waals surface area (Å²) in [5.41, 5.74) is 2.03. The molecule has 2 heteroatoms. The van der Waals surface area contributed by atoms with Gasteiger partial charge in [0.2, 0.25) is 0 Å². The smallest absolute Gasteiger partial charge is 0.0544 e. The zero-order valence-electron chi connectivity index (χ0n) is 10.7. The average molecular weight is 212 g/mol. The molecule has 15 heavy (non-hydrogen) atoms. The summed E-state index contributed by atoms with van der Waals surface area (Å²) in [7, 11) is 3.55. The average Bonchev–Trinajstić information content (AvgIpc) is 2.38. The third-order valence-electron chi connectivity index (χ3n) is 3.50. The highest BCUT2D eigenvalue weighted by atomic mass is 16.5. The zero-order chi connectivity index (χ0) is 11.5. The first-order valence-electron chi connectivity index (χ1n) is 5.63. The zero-order valence-corrected chi connectivity index (χ0v) is 10.7. The van der Waals surface area contributed by atoms with Crippen LogP contribution in [0, 0.1) is 10.8 Å². The maximum absolute atomic E-state index is 5.36. The maximum Gasteiger partial charge on any atom is 0.0544 e. The molecule has 0 aromatic heterocycles. The maximum atomic E-state index is 5.36. The molecule has 0 aliphatic heterocycles. The molecule has 0 unspecified atom stereocenters. The summed E-state index contributed by atoms with van der Waals surface area (Å²) in [5, 5.41) is 0. The van der Waals surface area contributed by atoms with Gasteiger partial charge >= 0.3 is 0 Å². The Bertz CT molecular complexity index is 235. The Morgan fingerprint density at radius 3 is 2.07 bits per heavy atom. The number of hydrogen-bond acceptors (Lipinski definition) is 2. The molecule has 1 rings (SSSR count). The topological polar surface area (TPSA) is 18.5 Å². The minimum absolute atomic E-state index is 0.189. The van der Waals surface area contributed by atoms with E-state index in [1.54, 1.807) is 14.2 Å². The van der Waals surface area contributed by atoms with E-state index in [1.165, 1.54) is 5.57 Å². The van der Waals surface area contributed by atoms with Crippen molar-refractivity contribution in [1.82, 2.24) is 0 Å². The van der Waals surface area contributed by atoms with Gasteiger partial charge in [-0.1, -0.05) is 25.5 Å². The number of methoxy groups -OCH3 is 2. The second-order valence-corrected chi connectivity index (χ2v) is 5.42. The lowest BCUT2D eigenvalue weighted by Crippen LogP contribution is -2.29. The predicted octanol–water partition coefficient (Wildman–Crippen LogP) is 3.03. The summed E-state index contributed by atoms with van der Waals surface area (Å²) in [6.45, 7) is 8.35. The van der Waals surface area contributed by atoms with Gasteiger partial charge < -0.3 is 9.47 Å². The molecule has 2 nitrogen and oxygen atoms in total. The summed E-state index contributed by atoms with van der Waals surface area (Å²) >= 11 is 0. The van der Waals surface area contributed by atoms with Crippen molar-refractivity contribution in [1.29, 1.82) is 0 Å². The van der Waals surface area contributed by atoms with Crippen LogP contribution in [-0.2, 0) is 9.47 Å². The van der Waals surface area contributed by atoms with E-state index in [4.69, 9.17) is 9.47 Å². The molecule has 0 radical (unpaired) electrons. The molecule has 88 valence electrons. The van der Waals surface area contributed by atoms with Crippen LogP contribution in [0.2, 0.25) is 0 Å². The van der Waals surface area contributed by atoms with Gasteiger partial charge in [0.1, 0.15) is 0 Å². The fraction of sp³-hybridized carbons (Fsp3) is 0.846. The van der Waals surface area contributed by atoms with E-state index in [-0.39, 0.29) is 5.41 Å². The van der Waals surface area contributed by atoms with Crippen molar-refractivity contribution >= 4 is 0 Å². The van der Waals surface area contributed by atoms with Crippen LogP contribution in [0.3, 0.4) is 0 Å². The molecule has 0 aromatic carbocycles. The summed E-state index contributed by atoms with van der Waals surface area (Å²) < 4.78 is 10.7. The van der Waals surface area contributed by atoms with Crippen LogP contribution in [0.25, 0.3) is 0 Å². The second kappa shape index (κ2) is 4.67. The van der Waals surface area contributed by atoms with Gasteiger partial charge in [-0.2, -0.15) is 0 Å². The van der Waals surface area contributed by atoms with Crippen molar-refractivity contribution in [3.05, 3.63) is 11.6 Å². The predicted molar refractivity (Wildman–Crippen MR) is 63.0 cm³/mol. The van der Waals surface area contributed by atoms with Crippen molar-refractivity contribution in [3.8, 4) is 0 Å². The van der Waals surface area contributed by atoms with E-state index >= 15 is 0 Å². The van der Waals surface area contributed by atoms with E-state index in [0.717, 1.165) is 26.1 Å². The van der Waals surface area contributed by atoms with Gasteiger partial charge in [0, 0.05) is 19.6 Å².